The first-order chi connectivity index (χ1) is 13.3. The Kier molecular flexibility index (Phi) is 2.94. The van der Waals surface area contributed by atoms with Crippen molar-refractivity contribution in [2.75, 3.05) is 5.32 Å². The molecule has 8 nitrogen and oxygen atoms in total. The van der Waals surface area contributed by atoms with Crippen molar-refractivity contribution in [2.24, 2.45) is 0 Å². The highest BCUT2D eigenvalue weighted by molar-refractivity contribution is 6.17. The van der Waals surface area contributed by atoms with Crippen LogP contribution in [0.3, 0.4) is 0 Å². The molecule has 1 spiro atoms. The molecule has 0 fully saturated rings. The maximum Gasteiger partial charge on any atom is 0.255 e. The molecule has 2 aromatic carbocycles. The molecule has 28 heavy (non-hydrogen) atoms. The van der Waals surface area contributed by atoms with E-state index in [2.05, 4.69) is 10.6 Å². The number of ketones is 1. The number of hydrogen-bond donors (Lipinski definition) is 5. The van der Waals surface area contributed by atoms with Crippen LogP contribution >= 0.6 is 0 Å². The lowest BCUT2D eigenvalue weighted by Crippen LogP contribution is -2.58. The zero-order chi connectivity index (χ0) is 19.8. The van der Waals surface area contributed by atoms with Gasteiger partial charge in [0.05, 0.1) is 28.5 Å². The first-order valence-corrected chi connectivity index (χ1v) is 8.46. The lowest BCUT2D eigenvalue weighted by Gasteiger charge is -2.43. The summed E-state index contributed by atoms with van der Waals surface area (Å²) in [6.07, 6.45) is 1.35. The number of phenolic OH excluding ortho intramolecular Hbond substituents is 3. The number of carbonyl (C=O) groups excluding carboxylic acids is 2. The van der Waals surface area contributed by atoms with E-state index in [9.17, 15) is 24.9 Å². The monoisotopic (exact) mass is 378 g/mol. The van der Waals surface area contributed by atoms with Crippen LogP contribution in [0, 0.1) is 6.92 Å². The lowest BCUT2D eigenvalue weighted by molar-refractivity contribution is 0.0902. The number of rotatable bonds is 0. The van der Waals surface area contributed by atoms with Gasteiger partial charge in [-0.2, -0.15) is 0 Å². The van der Waals surface area contributed by atoms with E-state index in [1.807, 2.05) is 0 Å². The van der Waals surface area contributed by atoms with Gasteiger partial charge in [-0.15, -0.1) is 0 Å². The van der Waals surface area contributed by atoms with Crippen molar-refractivity contribution in [3.8, 4) is 17.2 Å². The van der Waals surface area contributed by atoms with Crippen LogP contribution in [-0.2, 0) is 5.66 Å². The number of amides is 1. The molecular formula is C20H14N2O6. The molecule has 0 saturated heterocycles. The maximum atomic E-state index is 13.1. The number of aryl methyl sites for hydroxylation is 1. The van der Waals surface area contributed by atoms with Crippen molar-refractivity contribution in [1.29, 1.82) is 0 Å². The van der Waals surface area contributed by atoms with Gasteiger partial charge in [0.15, 0.2) is 17.2 Å². The van der Waals surface area contributed by atoms with Crippen molar-refractivity contribution in [3.05, 3.63) is 70.2 Å². The van der Waals surface area contributed by atoms with Crippen molar-refractivity contribution in [2.45, 2.75) is 12.6 Å². The Morgan fingerprint density at radius 2 is 1.71 bits per heavy atom. The van der Waals surface area contributed by atoms with E-state index in [1.165, 1.54) is 6.26 Å². The highest BCUT2D eigenvalue weighted by Gasteiger charge is 2.51. The molecular weight excluding hydrogens is 364 g/mol. The number of carbonyl (C=O) groups is 2. The van der Waals surface area contributed by atoms with Crippen LogP contribution in [0.1, 0.15) is 43.2 Å². The fraction of sp³-hybridized carbons (Fsp3) is 0.100. The third kappa shape index (κ3) is 1.78. The quantitative estimate of drug-likeness (QED) is 0.379. The average molecular weight is 378 g/mol. The molecule has 0 unspecified atom stereocenters. The van der Waals surface area contributed by atoms with Crippen LogP contribution in [-0.4, -0.2) is 27.0 Å². The van der Waals surface area contributed by atoms with Gasteiger partial charge in [-0.1, -0.05) is 12.1 Å². The first-order valence-electron chi connectivity index (χ1n) is 8.46. The first kappa shape index (κ1) is 16.2. The number of hydrogen-bond acceptors (Lipinski definition) is 7. The predicted molar refractivity (Wildman–Crippen MR) is 96.6 cm³/mol. The van der Waals surface area contributed by atoms with Crippen LogP contribution in [0.5, 0.6) is 17.2 Å². The summed E-state index contributed by atoms with van der Waals surface area (Å²) in [6.45, 7) is 1.59. The van der Waals surface area contributed by atoms with Gasteiger partial charge in [-0.25, -0.2) is 0 Å². The second kappa shape index (κ2) is 5.07. The SMILES string of the molecule is Cc1occ2c1C(=O)c1c(cc(O)c(O)c1O)[C@@]21NC(=O)c2ccccc2N1. The van der Waals surface area contributed by atoms with Gasteiger partial charge in [-0.3, -0.25) is 9.59 Å². The molecule has 2 heterocycles. The molecule has 0 radical (unpaired) electrons. The summed E-state index contributed by atoms with van der Waals surface area (Å²) in [7, 11) is 0. The summed E-state index contributed by atoms with van der Waals surface area (Å²) >= 11 is 0. The van der Waals surface area contributed by atoms with E-state index >= 15 is 0 Å². The van der Waals surface area contributed by atoms with Crippen LogP contribution in [0.2, 0.25) is 0 Å². The molecule has 1 atom stereocenters. The molecule has 5 rings (SSSR count). The highest BCUT2D eigenvalue weighted by Crippen LogP contribution is 2.51. The fourth-order valence-electron chi connectivity index (χ4n) is 3.98. The Morgan fingerprint density at radius 3 is 2.50 bits per heavy atom. The highest BCUT2D eigenvalue weighted by atomic mass is 16.3. The molecule has 8 heteroatoms. The Bertz CT molecular complexity index is 1210. The van der Waals surface area contributed by atoms with Crippen LogP contribution < -0.4 is 10.6 Å². The summed E-state index contributed by atoms with van der Waals surface area (Å²) in [5, 5.41) is 36.5. The molecule has 140 valence electrons. The summed E-state index contributed by atoms with van der Waals surface area (Å²) in [4.78, 5) is 25.9. The van der Waals surface area contributed by atoms with Crippen molar-refractivity contribution < 1.29 is 29.3 Å². The average Bonchev–Trinajstić information content (AvgIpc) is 3.07. The van der Waals surface area contributed by atoms with Crippen molar-refractivity contribution in [3.63, 3.8) is 0 Å². The number of para-hydroxylation sites is 1. The summed E-state index contributed by atoms with van der Waals surface area (Å²) < 4.78 is 5.45. The smallest absolute Gasteiger partial charge is 0.255 e. The standard InChI is InChI=1S/C20H14N2O6/c1-8-14-11(7-28-8)20(21-12-5-3-2-4-9(12)19(27)22-20)10-6-13(23)16(24)18(26)15(10)17(14)25/h2-7,21,23-24,26H,1H3,(H,22,27)/t20-/m1/s1. The summed E-state index contributed by atoms with van der Waals surface area (Å²) in [6, 6.07) is 7.97. The van der Waals surface area contributed by atoms with Gasteiger partial charge in [0.2, 0.25) is 11.5 Å². The molecule has 1 amide bonds. The van der Waals surface area contributed by atoms with Crippen molar-refractivity contribution >= 4 is 17.4 Å². The minimum atomic E-state index is -1.48. The minimum absolute atomic E-state index is 0.0986. The Morgan fingerprint density at radius 1 is 0.964 bits per heavy atom. The Labute approximate surface area is 158 Å². The number of nitrogens with one attached hydrogen (secondary N) is 2. The molecule has 1 aliphatic carbocycles. The molecule has 1 aliphatic heterocycles. The normalized spacial score (nSPS) is 19.5. The maximum absolute atomic E-state index is 13.1. The van der Waals surface area contributed by atoms with E-state index in [0.29, 0.717) is 22.6 Å². The molecule has 0 saturated carbocycles. The largest absolute Gasteiger partial charge is 0.504 e. The Hall–Kier alpha value is -3.94. The van der Waals surface area contributed by atoms with E-state index < -0.39 is 34.6 Å². The van der Waals surface area contributed by atoms with E-state index in [4.69, 9.17) is 4.42 Å². The second-order valence-corrected chi connectivity index (χ2v) is 6.80. The van der Waals surface area contributed by atoms with E-state index in [-0.39, 0.29) is 16.7 Å². The zero-order valence-electron chi connectivity index (χ0n) is 14.5. The molecule has 2 aliphatic rings. The summed E-state index contributed by atoms with van der Waals surface area (Å²) in [5.41, 5.74) is -0.190. The van der Waals surface area contributed by atoms with Gasteiger partial charge >= 0.3 is 0 Å². The Balaban J connectivity index is 1.89. The van der Waals surface area contributed by atoms with E-state index in [1.54, 1.807) is 31.2 Å². The third-order valence-corrected chi connectivity index (χ3v) is 5.29. The zero-order valence-corrected chi connectivity index (χ0v) is 14.5. The molecule has 5 N–H and O–H groups in total. The number of furan rings is 1. The molecule has 1 aromatic heterocycles. The number of aromatic hydroxyl groups is 3. The second-order valence-electron chi connectivity index (χ2n) is 6.80. The predicted octanol–water partition coefficient (Wildman–Crippen LogP) is 2.31. The van der Waals surface area contributed by atoms with Gasteiger partial charge in [0, 0.05) is 11.3 Å². The van der Waals surface area contributed by atoms with Crippen LogP contribution in [0.15, 0.2) is 41.0 Å². The molecule has 3 aromatic rings. The van der Waals surface area contributed by atoms with E-state index in [0.717, 1.165) is 6.07 Å². The number of anilines is 1. The van der Waals surface area contributed by atoms with Gasteiger partial charge in [0.25, 0.3) is 5.91 Å². The lowest BCUT2D eigenvalue weighted by atomic mass is 9.76. The van der Waals surface area contributed by atoms with Gasteiger partial charge in [-0.05, 0) is 25.1 Å². The van der Waals surface area contributed by atoms with Crippen LogP contribution in [0.25, 0.3) is 0 Å². The topological polar surface area (TPSA) is 132 Å². The fourth-order valence-corrected chi connectivity index (χ4v) is 3.98. The van der Waals surface area contributed by atoms with Crippen LogP contribution in [0.4, 0.5) is 5.69 Å². The number of fused-ring (bicyclic) bond motifs is 5. The van der Waals surface area contributed by atoms with Crippen molar-refractivity contribution in [1.82, 2.24) is 5.32 Å². The molecule has 0 bridgehead atoms. The number of benzene rings is 2. The summed E-state index contributed by atoms with van der Waals surface area (Å²) in [5.74, 6) is -2.89. The third-order valence-electron chi connectivity index (χ3n) is 5.29. The minimum Gasteiger partial charge on any atom is -0.504 e. The van der Waals surface area contributed by atoms with Gasteiger partial charge < -0.3 is 30.4 Å². The van der Waals surface area contributed by atoms with Gasteiger partial charge in [0.1, 0.15) is 5.76 Å². The number of phenols is 3.